The van der Waals surface area contributed by atoms with Gasteiger partial charge < -0.3 is 5.32 Å². The van der Waals surface area contributed by atoms with Crippen LogP contribution in [0.3, 0.4) is 0 Å². The molecule has 1 rings (SSSR count). The lowest BCUT2D eigenvalue weighted by atomic mass is 10.1. The summed E-state index contributed by atoms with van der Waals surface area (Å²) in [7, 11) is 0. The number of halogens is 2. The monoisotopic (exact) mass is 229 g/mol. The molecule has 0 saturated carbocycles. The number of hydrogen-bond acceptors (Lipinski definition) is 1. The number of nitrogens with one attached hydrogen (secondary N) is 1. The Morgan fingerprint density at radius 2 is 2.20 bits per heavy atom. The molecule has 15 heavy (non-hydrogen) atoms. The largest absolute Gasteiger partial charge is 0.315 e. The summed E-state index contributed by atoms with van der Waals surface area (Å²) in [4.78, 5) is 0. The van der Waals surface area contributed by atoms with Crippen LogP contribution in [0.1, 0.15) is 25.8 Å². The number of rotatable bonds is 5. The summed E-state index contributed by atoms with van der Waals surface area (Å²) in [6.07, 6.45) is 1.64. The first kappa shape index (κ1) is 12.5. The normalized spacial score (nSPS) is 12.8. The van der Waals surface area contributed by atoms with Gasteiger partial charge in [0.2, 0.25) is 0 Å². The van der Waals surface area contributed by atoms with E-state index in [1.54, 1.807) is 18.2 Å². The molecule has 0 aliphatic carbocycles. The van der Waals surface area contributed by atoms with E-state index in [9.17, 15) is 4.39 Å². The third-order valence-corrected chi connectivity index (χ3v) is 2.72. The van der Waals surface area contributed by atoms with E-state index in [2.05, 4.69) is 19.2 Å². The van der Waals surface area contributed by atoms with Crippen LogP contribution in [-0.4, -0.2) is 12.6 Å². The Morgan fingerprint density at radius 3 is 2.87 bits per heavy atom. The molecule has 0 aliphatic heterocycles. The molecule has 84 valence electrons. The van der Waals surface area contributed by atoms with E-state index in [0.29, 0.717) is 11.6 Å². The molecule has 0 saturated heterocycles. The quantitative estimate of drug-likeness (QED) is 0.816. The zero-order chi connectivity index (χ0) is 11.3. The fourth-order valence-electron chi connectivity index (χ4n) is 1.56. The second kappa shape index (κ2) is 6.09. The number of benzene rings is 1. The first-order valence-corrected chi connectivity index (χ1v) is 5.69. The first-order chi connectivity index (χ1) is 7.15. The second-order valence-electron chi connectivity index (χ2n) is 3.71. The summed E-state index contributed by atoms with van der Waals surface area (Å²) in [5.41, 5.74) is 0.701. The maximum Gasteiger partial charge on any atom is 0.144 e. The van der Waals surface area contributed by atoms with Crippen LogP contribution in [-0.2, 0) is 6.42 Å². The molecule has 1 aromatic carbocycles. The molecule has 0 bridgehead atoms. The minimum absolute atomic E-state index is 0.212. The van der Waals surface area contributed by atoms with Crippen molar-refractivity contribution in [2.45, 2.75) is 32.7 Å². The molecule has 0 spiro atoms. The van der Waals surface area contributed by atoms with Crippen LogP contribution in [0.25, 0.3) is 0 Å². The molecular formula is C12H17ClFN. The molecule has 0 amide bonds. The van der Waals surface area contributed by atoms with Gasteiger partial charge in [0.15, 0.2) is 0 Å². The third kappa shape index (κ3) is 3.80. The fraction of sp³-hybridized carbons (Fsp3) is 0.500. The smallest absolute Gasteiger partial charge is 0.144 e. The van der Waals surface area contributed by atoms with Crippen molar-refractivity contribution in [1.82, 2.24) is 5.32 Å². The zero-order valence-electron chi connectivity index (χ0n) is 9.19. The van der Waals surface area contributed by atoms with Crippen molar-refractivity contribution in [2.24, 2.45) is 0 Å². The van der Waals surface area contributed by atoms with Crippen molar-refractivity contribution in [3.05, 3.63) is 34.6 Å². The second-order valence-corrected chi connectivity index (χ2v) is 4.12. The minimum atomic E-state index is -0.275. The van der Waals surface area contributed by atoms with E-state index >= 15 is 0 Å². The van der Waals surface area contributed by atoms with Crippen LogP contribution in [0.2, 0.25) is 5.02 Å². The van der Waals surface area contributed by atoms with Gasteiger partial charge in [0, 0.05) is 6.04 Å². The molecular weight excluding hydrogens is 213 g/mol. The fourth-order valence-corrected chi connectivity index (χ4v) is 1.76. The highest BCUT2D eigenvalue weighted by Gasteiger charge is 2.07. The maximum atomic E-state index is 13.5. The molecule has 1 nitrogen and oxygen atoms in total. The molecule has 0 aromatic heterocycles. The molecule has 3 heteroatoms. The summed E-state index contributed by atoms with van der Waals surface area (Å²) < 4.78 is 13.5. The lowest BCUT2D eigenvalue weighted by molar-refractivity contribution is 0.520. The molecule has 0 fully saturated rings. The summed E-state index contributed by atoms with van der Waals surface area (Å²) in [5, 5.41) is 3.51. The minimum Gasteiger partial charge on any atom is -0.315 e. The Hall–Kier alpha value is -0.600. The molecule has 1 N–H and O–H groups in total. The van der Waals surface area contributed by atoms with Crippen LogP contribution in [0.4, 0.5) is 4.39 Å². The van der Waals surface area contributed by atoms with Crippen molar-refractivity contribution in [2.75, 3.05) is 6.54 Å². The SMILES string of the molecule is CCNC(C)CCc1cccc(Cl)c1F. The number of aryl methyl sites for hydroxylation is 1. The molecule has 0 radical (unpaired) electrons. The van der Waals surface area contributed by atoms with Crippen LogP contribution >= 0.6 is 11.6 Å². The van der Waals surface area contributed by atoms with Gasteiger partial charge in [0.1, 0.15) is 5.82 Å². The van der Waals surface area contributed by atoms with Crippen molar-refractivity contribution >= 4 is 11.6 Å². The van der Waals surface area contributed by atoms with Crippen molar-refractivity contribution in [3.8, 4) is 0 Å². The lowest BCUT2D eigenvalue weighted by Gasteiger charge is -2.12. The van der Waals surface area contributed by atoms with Crippen molar-refractivity contribution < 1.29 is 4.39 Å². The summed E-state index contributed by atoms with van der Waals surface area (Å²) in [6, 6.07) is 5.57. The van der Waals surface area contributed by atoms with Gasteiger partial charge in [-0.2, -0.15) is 0 Å². The Morgan fingerprint density at radius 1 is 1.47 bits per heavy atom. The lowest BCUT2D eigenvalue weighted by Crippen LogP contribution is -2.26. The first-order valence-electron chi connectivity index (χ1n) is 5.31. The van der Waals surface area contributed by atoms with Crippen LogP contribution < -0.4 is 5.32 Å². The van der Waals surface area contributed by atoms with E-state index in [1.807, 2.05) is 0 Å². The van der Waals surface area contributed by atoms with Crippen molar-refractivity contribution in [1.29, 1.82) is 0 Å². The van der Waals surface area contributed by atoms with E-state index in [1.165, 1.54) is 0 Å². The van der Waals surface area contributed by atoms with Crippen molar-refractivity contribution in [3.63, 3.8) is 0 Å². The van der Waals surface area contributed by atoms with Gasteiger partial charge in [0.05, 0.1) is 5.02 Å². The molecule has 0 heterocycles. The van der Waals surface area contributed by atoms with Gasteiger partial charge in [-0.3, -0.25) is 0 Å². The Labute approximate surface area is 95.6 Å². The Balaban J connectivity index is 2.54. The maximum absolute atomic E-state index is 13.5. The predicted octanol–water partition coefficient (Wildman–Crippen LogP) is 3.41. The molecule has 0 aliphatic rings. The standard InChI is InChI=1S/C12H17ClFN/c1-3-15-9(2)7-8-10-5-4-6-11(13)12(10)14/h4-6,9,15H,3,7-8H2,1-2H3. The summed E-state index contributed by atoms with van der Waals surface area (Å²) in [6.45, 7) is 5.11. The van der Waals surface area contributed by atoms with E-state index in [4.69, 9.17) is 11.6 Å². The predicted molar refractivity (Wildman–Crippen MR) is 62.9 cm³/mol. The Bertz CT molecular complexity index is 314. The highest BCUT2D eigenvalue weighted by atomic mass is 35.5. The zero-order valence-corrected chi connectivity index (χ0v) is 9.94. The van der Waals surface area contributed by atoms with E-state index in [-0.39, 0.29) is 10.8 Å². The average Bonchev–Trinajstić information content (AvgIpc) is 2.21. The van der Waals surface area contributed by atoms with Crippen LogP contribution in [0.5, 0.6) is 0 Å². The van der Waals surface area contributed by atoms with Gasteiger partial charge in [-0.1, -0.05) is 30.7 Å². The molecule has 1 unspecified atom stereocenters. The third-order valence-electron chi connectivity index (χ3n) is 2.43. The van der Waals surface area contributed by atoms with Gasteiger partial charge in [0.25, 0.3) is 0 Å². The van der Waals surface area contributed by atoms with Gasteiger partial charge in [-0.05, 0) is 37.9 Å². The molecule has 1 atom stereocenters. The van der Waals surface area contributed by atoms with Gasteiger partial charge >= 0.3 is 0 Å². The van der Waals surface area contributed by atoms with Gasteiger partial charge in [-0.15, -0.1) is 0 Å². The van der Waals surface area contributed by atoms with E-state index in [0.717, 1.165) is 19.4 Å². The van der Waals surface area contributed by atoms with Gasteiger partial charge in [-0.25, -0.2) is 4.39 Å². The highest BCUT2D eigenvalue weighted by Crippen LogP contribution is 2.19. The number of hydrogen-bond donors (Lipinski definition) is 1. The van der Waals surface area contributed by atoms with Crippen LogP contribution in [0.15, 0.2) is 18.2 Å². The highest BCUT2D eigenvalue weighted by molar-refractivity contribution is 6.30. The topological polar surface area (TPSA) is 12.0 Å². The average molecular weight is 230 g/mol. The Kier molecular flexibility index (Phi) is 5.06. The van der Waals surface area contributed by atoms with E-state index < -0.39 is 0 Å². The summed E-state index contributed by atoms with van der Waals surface area (Å²) >= 11 is 5.70. The summed E-state index contributed by atoms with van der Waals surface area (Å²) in [5.74, 6) is -0.275. The molecule has 1 aromatic rings. The van der Waals surface area contributed by atoms with Crippen LogP contribution in [0, 0.1) is 5.82 Å².